The van der Waals surface area contributed by atoms with Crippen LogP contribution >= 0.6 is 0 Å². The summed E-state index contributed by atoms with van der Waals surface area (Å²) in [6.07, 6.45) is 3.60. The average Bonchev–Trinajstić information content (AvgIpc) is 3.18. The van der Waals surface area contributed by atoms with Crippen molar-refractivity contribution in [2.24, 2.45) is 0 Å². The number of aryl methyl sites for hydroxylation is 1. The van der Waals surface area contributed by atoms with Crippen molar-refractivity contribution in [1.82, 2.24) is 19.1 Å². The Bertz CT molecular complexity index is 1050. The van der Waals surface area contributed by atoms with Gasteiger partial charge in [-0.25, -0.2) is 14.4 Å². The van der Waals surface area contributed by atoms with Crippen molar-refractivity contribution in [3.05, 3.63) is 66.5 Å². The van der Waals surface area contributed by atoms with Crippen LogP contribution in [0.4, 0.5) is 10.1 Å². The Labute approximate surface area is 144 Å². The highest BCUT2D eigenvalue weighted by molar-refractivity contribution is 5.79. The predicted molar refractivity (Wildman–Crippen MR) is 96.5 cm³/mol. The molecule has 2 heterocycles. The van der Waals surface area contributed by atoms with E-state index in [0.29, 0.717) is 18.1 Å². The highest BCUT2D eigenvalue weighted by Gasteiger charge is 2.13. The molecule has 126 valence electrons. The summed E-state index contributed by atoms with van der Waals surface area (Å²) in [5.41, 5.74) is 9.25. The van der Waals surface area contributed by atoms with E-state index in [9.17, 15) is 4.39 Å². The van der Waals surface area contributed by atoms with Crippen LogP contribution in [0.5, 0.6) is 0 Å². The highest BCUT2D eigenvalue weighted by Crippen LogP contribution is 2.22. The molecule has 0 saturated heterocycles. The Morgan fingerprint density at radius 3 is 2.84 bits per heavy atom. The van der Waals surface area contributed by atoms with Gasteiger partial charge in [-0.15, -0.1) is 0 Å². The molecular weight excluding hydrogens is 317 g/mol. The second kappa shape index (κ2) is 6.05. The van der Waals surface area contributed by atoms with Crippen molar-refractivity contribution >= 4 is 16.7 Å². The molecule has 2 aromatic carbocycles. The molecule has 0 aliphatic carbocycles. The van der Waals surface area contributed by atoms with Crippen LogP contribution in [-0.2, 0) is 13.1 Å². The third-order valence-corrected chi connectivity index (χ3v) is 4.28. The van der Waals surface area contributed by atoms with Gasteiger partial charge < -0.3 is 14.9 Å². The van der Waals surface area contributed by atoms with Crippen LogP contribution in [0.25, 0.3) is 22.4 Å². The van der Waals surface area contributed by atoms with E-state index in [4.69, 9.17) is 10.7 Å². The average molecular weight is 335 g/mol. The maximum absolute atomic E-state index is 13.5. The van der Waals surface area contributed by atoms with E-state index in [2.05, 4.69) is 16.5 Å². The SMILES string of the molecule is CCn1c(Cn2ccnc2-c2cccc(F)c2)nc2cc(N)ccc21. The van der Waals surface area contributed by atoms with Crippen molar-refractivity contribution in [3.8, 4) is 11.4 Å². The third-order valence-electron chi connectivity index (χ3n) is 4.28. The molecule has 25 heavy (non-hydrogen) atoms. The Morgan fingerprint density at radius 1 is 1.16 bits per heavy atom. The fourth-order valence-corrected chi connectivity index (χ4v) is 3.15. The van der Waals surface area contributed by atoms with Crippen molar-refractivity contribution in [1.29, 1.82) is 0 Å². The normalized spacial score (nSPS) is 11.3. The molecule has 0 aliphatic rings. The second-order valence-electron chi connectivity index (χ2n) is 5.91. The molecule has 0 unspecified atom stereocenters. The van der Waals surface area contributed by atoms with Crippen molar-refractivity contribution in [2.45, 2.75) is 20.0 Å². The van der Waals surface area contributed by atoms with Gasteiger partial charge in [0, 0.05) is 30.2 Å². The number of hydrogen-bond acceptors (Lipinski definition) is 3. The minimum atomic E-state index is -0.275. The van der Waals surface area contributed by atoms with Gasteiger partial charge >= 0.3 is 0 Å². The molecule has 0 bridgehead atoms. The van der Waals surface area contributed by atoms with Crippen LogP contribution in [0.1, 0.15) is 12.7 Å². The van der Waals surface area contributed by atoms with E-state index in [-0.39, 0.29) is 5.82 Å². The first-order chi connectivity index (χ1) is 12.2. The van der Waals surface area contributed by atoms with Crippen LogP contribution in [0.3, 0.4) is 0 Å². The summed E-state index contributed by atoms with van der Waals surface area (Å²) in [6.45, 7) is 3.44. The molecule has 0 aliphatic heterocycles. The molecule has 4 aromatic rings. The molecule has 4 rings (SSSR count). The number of anilines is 1. The third kappa shape index (κ3) is 2.76. The van der Waals surface area contributed by atoms with Gasteiger partial charge in [-0.3, -0.25) is 0 Å². The van der Waals surface area contributed by atoms with Gasteiger partial charge in [0.1, 0.15) is 17.5 Å². The highest BCUT2D eigenvalue weighted by atomic mass is 19.1. The second-order valence-corrected chi connectivity index (χ2v) is 5.91. The minimum absolute atomic E-state index is 0.275. The summed E-state index contributed by atoms with van der Waals surface area (Å²) >= 11 is 0. The zero-order valence-electron chi connectivity index (χ0n) is 13.9. The van der Waals surface area contributed by atoms with Gasteiger partial charge in [-0.1, -0.05) is 12.1 Å². The van der Waals surface area contributed by atoms with Gasteiger partial charge in [0.05, 0.1) is 17.6 Å². The number of rotatable bonds is 4. The van der Waals surface area contributed by atoms with E-state index < -0.39 is 0 Å². The zero-order chi connectivity index (χ0) is 17.4. The summed E-state index contributed by atoms with van der Waals surface area (Å²) in [6, 6.07) is 12.2. The number of fused-ring (bicyclic) bond motifs is 1. The fraction of sp³-hybridized carbons (Fsp3) is 0.158. The predicted octanol–water partition coefficient (Wildman–Crippen LogP) is 3.69. The summed E-state index contributed by atoms with van der Waals surface area (Å²) in [5, 5.41) is 0. The largest absolute Gasteiger partial charge is 0.399 e. The van der Waals surface area contributed by atoms with E-state index in [1.807, 2.05) is 35.0 Å². The number of nitrogen functional groups attached to an aromatic ring is 1. The first kappa shape index (κ1) is 15.4. The number of imidazole rings is 2. The Morgan fingerprint density at radius 2 is 2.04 bits per heavy atom. The molecule has 0 saturated carbocycles. The Hall–Kier alpha value is -3.15. The van der Waals surface area contributed by atoms with Gasteiger partial charge in [0.15, 0.2) is 0 Å². The van der Waals surface area contributed by atoms with Crippen LogP contribution in [0.15, 0.2) is 54.9 Å². The van der Waals surface area contributed by atoms with Gasteiger partial charge in [-0.05, 0) is 37.3 Å². The Balaban J connectivity index is 1.77. The summed E-state index contributed by atoms with van der Waals surface area (Å²) in [7, 11) is 0. The van der Waals surface area contributed by atoms with Crippen LogP contribution in [0.2, 0.25) is 0 Å². The minimum Gasteiger partial charge on any atom is -0.399 e. The standard InChI is InChI=1S/C19H18FN5/c1-2-25-17-7-6-15(21)11-16(17)23-18(25)12-24-9-8-22-19(24)13-4-3-5-14(20)10-13/h3-11H,2,12,21H2,1H3. The van der Waals surface area contributed by atoms with Gasteiger partial charge in [0.25, 0.3) is 0 Å². The zero-order valence-corrected chi connectivity index (χ0v) is 13.9. The molecule has 0 radical (unpaired) electrons. The topological polar surface area (TPSA) is 61.7 Å². The summed E-state index contributed by atoms with van der Waals surface area (Å²) in [5.74, 6) is 1.36. The summed E-state index contributed by atoms with van der Waals surface area (Å²) in [4.78, 5) is 9.12. The maximum Gasteiger partial charge on any atom is 0.140 e. The molecule has 0 amide bonds. The number of benzene rings is 2. The van der Waals surface area contributed by atoms with E-state index in [1.165, 1.54) is 12.1 Å². The number of aromatic nitrogens is 4. The number of halogens is 1. The molecule has 2 aromatic heterocycles. The van der Waals surface area contributed by atoms with Crippen molar-refractivity contribution in [2.75, 3.05) is 5.73 Å². The van der Waals surface area contributed by atoms with Crippen LogP contribution < -0.4 is 5.73 Å². The molecule has 0 fully saturated rings. The number of hydrogen-bond donors (Lipinski definition) is 1. The summed E-state index contributed by atoms with van der Waals surface area (Å²) < 4.78 is 17.7. The van der Waals surface area contributed by atoms with E-state index >= 15 is 0 Å². The van der Waals surface area contributed by atoms with Crippen molar-refractivity contribution in [3.63, 3.8) is 0 Å². The molecule has 5 nitrogen and oxygen atoms in total. The fourth-order valence-electron chi connectivity index (χ4n) is 3.15. The first-order valence-electron chi connectivity index (χ1n) is 8.17. The Kier molecular flexibility index (Phi) is 3.72. The van der Waals surface area contributed by atoms with Gasteiger partial charge in [-0.2, -0.15) is 0 Å². The quantitative estimate of drug-likeness (QED) is 0.579. The maximum atomic E-state index is 13.5. The number of nitrogens with zero attached hydrogens (tertiary/aromatic N) is 4. The van der Waals surface area contributed by atoms with Crippen LogP contribution in [0, 0.1) is 5.82 Å². The molecular formula is C19H18FN5. The lowest BCUT2D eigenvalue weighted by Gasteiger charge is -2.10. The van der Waals surface area contributed by atoms with E-state index in [0.717, 1.165) is 29.0 Å². The van der Waals surface area contributed by atoms with Gasteiger partial charge in [0.2, 0.25) is 0 Å². The molecule has 2 N–H and O–H groups in total. The molecule has 0 spiro atoms. The number of nitrogens with two attached hydrogens (primary N) is 1. The monoisotopic (exact) mass is 335 g/mol. The first-order valence-corrected chi connectivity index (χ1v) is 8.17. The smallest absolute Gasteiger partial charge is 0.140 e. The van der Waals surface area contributed by atoms with E-state index in [1.54, 1.807) is 12.3 Å². The lowest BCUT2D eigenvalue weighted by Crippen LogP contribution is -2.08. The molecule has 6 heteroatoms. The van der Waals surface area contributed by atoms with Crippen molar-refractivity contribution < 1.29 is 4.39 Å². The lowest BCUT2D eigenvalue weighted by molar-refractivity contribution is 0.627. The van der Waals surface area contributed by atoms with Crippen LogP contribution in [-0.4, -0.2) is 19.1 Å². The lowest BCUT2D eigenvalue weighted by atomic mass is 10.2. The molecule has 0 atom stereocenters.